The largest absolute Gasteiger partial charge is 0.379 e. The number of aromatic amines is 1. The molecule has 1 fully saturated rings. The van der Waals surface area contributed by atoms with Crippen molar-refractivity contribution >= 4 is 16.9 Å². The standard InChI is InChI=1S/C20H29FN4O2/c1-2-22-20(23-8-3-10-27-17-7-11-26-14-17)24-9-6-15-13-25-19-5-4-16(21)12-18(15)19/h4-5,12-13,17,25H,2-3,6-11,14H2,1H3,(H2,22,23,24). The van der Waals surface area contributed by atoms with Crippen molar-refractivity contribution in [3.8, 4) is 0 Å². The van der Waals surface area contributed by atoms with E-state index in [4.69, 9.17) is 9.47 Å². The van der Waals surface area contributed by atoms with Gasteiger partial charge in [-0.1, -0.05) is 0 Å². The summed E-state index contributed by atoms with van der Waals surface area (Å²) in [5.41, 5.74) is 2.06. The van der Waals surface area contributed by atoms with E-state index in [1.807, 2.05) is 13.1 Å². The van der Waals surface area contributed by atoms with E-state index in [0.717, 1.165) is 61.4 Å². The summed E-state index contributed by atoms with van der Waals surface area (Å²) in [6, 6.07) is 4.82. The number of aromatic nitrogens is 1. The lowest BCUT2D eigenvalue weighted by Crippen LogP contribution is -2.38. The molecule has 0 saturated carbocycles. The van der Waals surface area contributed by atoms with E-state index in [1.54, 1.807) is 12.1 Å². The molecule has 0 amide bonds. The van der Waals surface area contributed by atoms with Gasteiger partial charge >= 0.3 is 0 Å². The van der Waals surface area contributed by atoms with Crippen LogP contribution >= 0.6 is 0 Å². The minimum Gasteiger partial charge on any atom is -0.379 e. The first-order valence-corrected chi connectivity index (χ1v) is 9.73. The summed E-state index contributed by atoms with van der Waals surface area (Å²) in [6.45, 7) is 6.51. The molecule has 1 atom stereocenters. The number of fused-ring (bicyclic) bond motifs is 1. The summed E-state index contributed by atoms with van der Waals surface area (Å²) < 4.78 is 24.5. The SMILES string of the molecule is CCNC(=NCCCOC1CCOC1)NCCc1c[nH]c2ccc(F)cc12. The van der Waals surface area contributed by atoms with E-state index in [1.165, 1.54) is 6.07 Å². The monoisotopic (exact) mass is 376 g/mol. The molecule has 0 spiro atoms. The Hall–Kier alpha value is -2.12. The lowest BCUT2D eigenvalue weighted by Gasteiger charge is -2.12. The Labute approximate surface area is 159 Å². The van der Waals surface area contributed by atoms with Crippen molar-refractivity contribution in [2.24, 2.45) is 4.99 Å². The quantitative estimate of drug-likeness (QED) is 0.357. The molecule has 27 heavy (non-hydrogen) atoms. The fourth-order valence-electron chi connectivity index (χ4n) is 3.16. The second kappa shape index (κ2) is 10.3. The summed E-state index contributed by atoms with van der Waals surface area (Å²) in [7, 11) is 0. The van der Waals surface area contributed by atoms with Crippen molar-refractivity contribution in [3.05, 3.63) is 35.8 Å². The van der Waals surface area contributed by atoms with Crippen LogP contribution in [0.3, 0.4) is 0 Å². The first-order chi connectivity index (χ1) is 13.3. The molecule has 1 saturated heterocycles. The van der Waals surface area contributed by atoms with Crippen molar-refractivity contribution in [2.75, 3.05) is 39.5 Å². The smallest absolute Gasteiger partial charge is 0.191 e. The number of aliphatic imine (C=N–C) groups is 1. The predicted octanol–water partition coefficient (Wildman–Crippen LogP) is 2.60. The molecule has 6 nitrogen and oxygen atoms in total. The van der Waals surface area contributed by atoms with Gasteiger partial charge in [0.05, 0.1) is 12.7 Å². The Morgan fingerprint density at radius 3 is 3.15 bits per heavy atom. The Morgan fingerprint density at radius 2 is 2.33 bits per heavy atom. The van der Waals surface area contributed by atoms with Gasteiger partial charge in [0.2, 0.25) is 0 Å². The fraction of sp³-hybridized carbons (Fsp3) is 0.550. The third-order valence-electron chi connectivity index (χ3n) is 4.57. The van der Waals surface area contributed by atoms with Crippen LogP contribution in [0.25, 0.3) is 10.9 Å². The summed E-state index contributed by atoms with van der Waals surface area (Å²) in [5, 5.41) is 7.53. The molecular weight excluding hydrogens is 347 g/mol. The lowest BCUT2D eigenvalue weighted by molar-refractivity contribution is 0.0424. The molecule has 148 valence electrons. The van der Waals surface area contributed by atoms with E-state index in [-0.39, 0.29) is 11.9 Å². The highest BCUT2D eigenvalue weighted by molar-refractivity contribution is 5.83. The van der Waals surface area contributed by atoms with E-state index >= 15 is 0 Å². The molecule has 2 aromatic rings. The molecular formula is C20H29FN4O2. The molecule has 2 heterocycles. The maximum absolute atomic E-state index is 13.5. The van der Waals surface area contributed by atoms with Crippen molar-refractivity contribution in [1.82, 2.24) is 15.6 Å². The maximum atomic E-state index is 13.5. The number of guanidine groups is 1. The minimum atomic E-state index is -0.211. The summed E-state index contributed by atoms with van der Waals surface area (Å²) in [6.07, 6.45) is 4.86. The third kappa shape index (κ3) is 5.94. The van der Waals surface area contributed by atoms with E-state index < -0.39 is 0 Å². The predicted molar refractivity (Wildman–Crippen MR) is 106 cm³/mol. The number of rotatable bonds is 9. The molecule has 0 bridgehead atoms. The molecule has 1 aliphatic heterocycles. The number of nitrogens with one attached hydrogen (secondary N) is 3. The van der Waals surface area contributed by atoms with Crippen molar-refractivity contribution < 1.29 is 13.9 Å². The highest BCUT2D eigenvalue weighted by Gasteiger charge is 2.15. The van der Waals surface area contributed by atoms with Crippen LogP contribution in [0.4, 0.5) is 4.39 Å². The van der Waals surface area contributed by atoms with Gasteiger partial charge in [0, 0.05) is 49.9 Å². The molecule has 3 rings (SSSR count). The molecule has 0 radical (unpaired) electrons. The van der Waals surface area contributed by atoms with Crippen LogP contribution in [0.15, 0.2) is 29.4 Å². The Morgan fingerprint density at radius 1 is 1.41 bits per heavy atom. The van der Waals surface area contributed by atoms with Crippen LogP contribution in [-0.2, 0) is 15.9 Å². The van der Waals surface area contributed by atoms with E-state index in [0.29, 0.717) is 19.8 Å². The van der Waals surface area contributed by atoms with Crippen LogP contribution in [0.5, 0.6) is 0 Å². The van der Waals surface area contributed by atoms with Crippen molar-refractivity contribution in [2.45, 2.75) is 32.3 Å². The average molecular weight is 376 g/mol. The van der Waals surface area contributed by atoms with Crippen LogP contribution in [0.2, 0.25) is 0 Å². The minimum absolute atomic E-state index is 0.211. The zero-order valence-electron chi connectivity index (χ0n) is 15.9. The van der Waals surface area contributed by atoms with Gasteiger partial charge in [-0.15, -0.1) is 0 Å². The molecule has 7 heteroatoms. The first kappa shape index (κ1) is 19.6. The fourth-order valence-corrected chi connectivity index (χ4v) is 3.16. The normalized spacial score (nSPS) is 17.6. The molecule has 1 aliphatic rings. The molecule has 0 aliphatic carbocycles. The van der Waals surface area contributed by atoms with Gasteiger partial charge in [0.15, 0.2) is 5.96 Å². The van der Waals surface area contributed by atoms with Crippen molar-refractivity contribution in [3.63, 3.8) is 0 Å². The van der Waals surface area contributed by atoms with E-state index in [9.17, 15) is 4.39 Å². The molecule has 3 N–H and O–H groups in total. The van der Waals surface area contributed by atoms with Gasteiger partial charge in [-0.25, -0.2) is 4.39 Å². The summed E-state index contributed by atoms with van der Waals surface area (Å²) in [5.74, 6) is 0.588. The van der Waals surface area contributed by atoms with Crippen LogP contribution < -0.4 is 10.6 Å². The molecule has 1 aromatic heterocycles. The molecule has 1 aromatic carbocycles. The van der Waals surface area contributed by atoms with E-state index in [2.05, 4.69) is 20.6 Å². The highest BCUT2D eigenvalue weighted by atomic mass is 19.1. The number of nitrogens with zero attached hydrogens (tertiary/aromatic N) is 1. The van der Waals surface area contributed by atoms with Crippen LogP contribution in [-0.4, -0.2) is 56.5 Å². The Kier molecular flexibility index (Phi) is 7.47. The lowest BCUT2D eigenvalue weighted by atomic mass is 10.1. The van der Waals surface area contributed by atoms with Gasteiger partial charge < -0.3 is 25.1 Å². The third-order valence-corrected chi connectivity index (χ3v) is 4.57. The number of ether oxygens (including phenoxy) is 2. The topological polar surface area (TPSA) is 70.7 Å². The van der Waals surface area contributed by atoms with Gasteiger partial charge in [-0.3, -0.25) is 4.99 Å². The number of halogens is 1. The Balaban J connectivity index is 1.42. The summed E-state index contributed by atoms with van der Waals surface area (Å²) in [4.78, 5) is 7.78. The van der Waals surface area contributed by atoms with Gasteiger partial charge in [-0.05, 0) is 49.9 Å². The average Bonchev–Trinajstić information content (AvgIpc) is 3.31. The number of H-pyrrole nitrogens is 1. The molecule has 1 unspecified atom stereocenters. The van der Waals surface area contributed by atoms with Crippen LogP contribution in [0, 0.1) is 5.82 Å². The van der Waals surface area contributed by atoms with Gasteiger partial charge in [0.25, 0.3) is 0 Å². The second-order valence-electron chi connectivity index (χ2n) is 6.65. The van der Waals surface area contributed by atoms with Gasteiger partial charge in [0.1, 0.15) is 5.82 Å². The zero-order chi connectivity index (χ0) is 18.9. The van der Waals surface area contributed by atoms with Crippen molar-refractivity contribution in [1.29, 1.82) is 0 Å². The van der Waals surface area contributed by atoms with Gasteiger partial charge in [-0.2, -0.15) is 0 Å². The maximum Gasteiger partial charge on any atom is 0.191 e. The Bertz CT molecular complexity index is 741. The number of hydrogen-bond acceptors (Lipinski definition) is 3. The summed E-state index contributed by atoms with van der Waals surface area (Å²) >= 11 is 0. The number of hydrogen-bond donors (Lipinski definition) is 3. The highest BCUT2D eigenvalue weighted by Crippen LogP contribution is 2.19. The zero-order valence-corrected chi connectivity index (χ0v) is 15.9. The van der Waals surface area contributed by atoms with Crippen LogP contribution in [0.1, 0.15) is 25.3 Å². The second-order valence-corrected chi connectivity index (χ2v) is 6.65. The number of benzene rings is 1. The first-order valence-electron chi connectivity index (χ1n) is 9.73.